The van der Waals surface area contributed by atoms with E-state index < -0.39 is 0 Å². The SMILES string of the molecule is CC(C)C[C@H]1CC(=O)Oc2cc(O)c3c(=O)c(-c4ccccc4)coc3c21. The van der Waals surface area contributed by atoms with Gasteiger partial charge in [0.05, 0.1) is 12.0 Å². The van der Waals surface area contributed by atoms with E-state index in [1.807, 2.05) is 30.3 Å². The Bertz CT molecular complexity index is 1080. The van der Waals surface area contributed by atoms with Crippen LogP contribution in [0.2, 0.25) is 0 Å². The van der Waals surface area contributed by atoms with E-state index in [9.17, 15) is 14.7 Å². The second kappa shape index (κ2) is 6.58. The summed E-state index contributed by atoms with van der Waals surface area (Å²) in [5.74, 6) is -0.0658. The molecule has 1 aliphatic rings. The molecule has 138 valence electrons. The number of benzene rings is 2. The molecule has 0 aliphatic carbocycles. The summed E-state index contributed by atoms with van der Waals surface area (Å²) >= 11 is 0. The summed E-state index contributed by atoms with van der Waals surface area (Å²) in [4.78, 5) is 25.1. The van der Waals surface area contributed by atoms with E-state index in [1.54, 1.807) is 0 Å². The number of hydrogen-bond acceptors (Lipinski definition) is 5. The minimum atomic E-state index is -0.338. The summed E-state index contributed by atoms with van der Waals surface area (Å²) in [6.45, 7) is 4.15. The highest BCUT2D eigenvalue weighted by Gasteiger charge is 2.32. The van der Waals surface area contributed by atoms with Crippen molar-refractivity contribution in [2.75, 3.05) is 0 Å². The molecule has 0 bridgehead atoms. The summed E-state index contributed by atoms with van der Waals surface area (Å²) in [5, 5.41) is 10.6. The van der Waals surface area contributed by atoms with Crippen molar-refractivity contribution in [3.63, 3.8) is 0 Å². The first-order chi connectivity index (χ1) is 13.0. The molecular formula is C22H20O5. The van der Waals surface area contributed by atoms with Gasteiger partial charge in [-0.25, -0.2) is 0 Å². The highest BCUT2D eigenvalue weighted by molar-refractivity contribution is 5.93. The highest BCUT2D eigenvalue weighted by Crippen LogP contribution is 2.45. The van der Waals surface area contributed by atoms with Crippen LogP contribution in [0.4, 0.5) is 0 Å². The van der Waals surface area contributed by atoms with E-state index in [4.69, 9.17) is 9.15 Å². The molecule has 3 aromatic rings. The lowest BCUT2D eigenvalue weighted by Gasteiger charge is -2.26. The van der Waals surface area contributed by atoms with Crippen molar-refractivity contribution in [1.82, 2.24) is 0 Å². The predicted molar refractivity (Wildman–Crippen MR) is 102 cm³/mol. The number of carbonyl (C=O) groups excluding carboxylic acids is 1. The van der Waals surface area contributed by atoms with Gasteiger partial charge in [0.25, 0.3) is 0 Å². The van der Waals surface area contributed by atoms with Gasteiger partial charge in [-0.1, -0.05) is 44.2 Å². The number of phenols is 1. The molecule has 1 atom stereocenters. The van der Waals surface area contributed by atoms with Crippen LogP contribution in [0.15, 0.2) is 51.9 Å². The minimum Gasteiger partial charge on any atom is -0.507 e. The summed E-state index contributed by atoms with van der Waals surface area (Å²) in [5.41, 5.74) is 1.78. The van der Waals surface area contributed by atoms with Gasteiger partial charge in [-0.05, 0) is 17.9 Å². The van der Waals surface area contributed by atoms with Crippen molar-refractivity contribution in [3.8, 4) is 22.6 Å². The first-order valence-corrected chi connectivity index (χ1v) is 9.03. The van der Waals surface area contributed by atoms with E-state index in [-0.39, 0.29) is 40.6 Å². The fourth-order valence-electron chi connectivity index (χ4n) is 3.81. The molecule has 1 N–H and O–H groups in total. The van der Waals surface area contributed by atoms with E-state index >= 15 is 0 Å². The maximum absolute atomic E-state index is 13.1. The monoisotopic (exact) mass is 364 g/mol. The van der Waals surface area contributed by atoms with Gasteiger partial charge in [0, 0.05) is 17.5 Å². The molecule has 0 radical (unpaired) electrons. The summed E-state index contributed by atoms with van der Waals surface area (Å²) in [6.07, 6.45) is 2.41. The van der Waals surface area contributed by atoms with E-state index in [2.05, 4.69) is 13.8 Å². The molecule has 2 heterocycles. The zero-order valence-electron chi connectivity index (χ0n) is 15.2. The number of rotatable bonds is 3. The maximum atomic E-state index is 13.1. The number of fused-ring (bicyclic) bond motifs is 3. The highest BCUT2D eigenvalue weighted by atomic mass is 16.5. The van der Waals surface area contributed by atoms with Crippen molar-refractivity contribution in [3.05, 3.63) is 58.4 Å². The molecule has 1 aromatic heterocycles. The molecule has 0 spiro atoms. The lowest BCUT2D eigenvalue weighted by atomic mass is 9.84. The third-order valence-corrected chi connectivity index (χ3v) is 4.91. The zero-order chi connectivity index (χ0) is 19.1. The molecule has 0 saturated carbocycles. The van der Waals surface area contributed by atoms with E-state index in [1.165, 1.54) is 12.3 Å². The quantitative estimate of drug-likeness (QED) is 0.543. The third-order valence-electron chi connectivity index (χ3n) is 4.91. The van der Waals surface area contributed by atoms with Crippen LogP contribution in [-0.2, 0) is 4.79 Å². The van der Waals surface area contributed by atoms with Gasteiger partial charge in [0.2, 0.25) is 5.43 Å². The van der Waals surface area contributed by atoms with Crippen molar-refractivity contribution in [1.29, 1.82) is 0 Å². The standard InChI is InChI=1S/C22H20O5/c1-12(2)8-14-9-18(24)27-17-10-16(23)20-21(25)15(11-26-22(20)19(14)17)13-6-4-3-5-7-13/h3-7,10-12,14,23H,8-9H2,1-2H3/t14-/m0/s1. The topological polar surface area (TPSA) is 76.7 Å². The Labute approximate surface area is 156 Å². The molecule has 0 fully saturated rings. The Kier molecular flexibility index (Phi) is 4.22. The maximum Gasteiger partial charge on any atom is 0.311 e. The Morgan fingerprint density at radius 2 is 1.93 bits per heavy atom. The second-order valence-electron chi connectivity index (χ2n) is 7.36. The first-order valence-electron chi connectivity index (χ1n) is 9.03. The third kappa shape index (κ3) is 2.99. The van der Waals surface area contributed by atoms with Crippen LogP contribution in [0.5, 0.6) is 11.5 Å². The first kappa shape index (κ1) is 17.3. The fourth-order valence-corrected chi connectivity index (χ4v) is 3.81. The van der Waals surface area contributed by atoms with Gasteiger partial charge in [-0.15, -0.1) is 0 Å². The van der Waals surface area contributed by atoms with Crippen LogP contribution in [0.3, 0.4) is 0 Å². The number of hydrogen-bond donors (Lipinski definition) is 1. The van der Waals surface area contributed by atoms with Gasteiger partial charge in [-0.2, -0.15) is 0 Å². The van der Waals surface area contributed by atoms with Crippen molar-refractivity contribution in [2.45, 2.75) is 32.6 Å². The van der Waals surface area contributed by atoms with E-state index in [0.29, 0.717) is 22.6 Å². The summed E-state index contributed by atoms with van der Waals surface area (Å²) in [7, 11) is 0. The largest absolute Gasteiger partial charge is 0.507 e. The molecule has 27 heavy (non-hydrogen) atoms. The number of carbonyl (C=O) groups is 1. The minimum absolute atomic E-state index is 0.116. The number of phenolic OH excluding ortho intramolecular Hbond substituents is 1. The zero-order valence-corrected chi connectivity index (χ0v) is 15.2. The van der Waals surface area contributed by atoms with Crippen LogP contribution in [0, 0.1) is 5.92 Å². The Morgan fingerprint density at radius 1 is 1.19 bits per heavy atom. The van der Waals surface area contributed by atoms with Gasteiger partial charge in [-0.3, -0.25) is 9.59 Å². The molecule has 4 rings (SSSR count). The van der Waals surface area contributed by atoms with Gasteiger partial charge < -0.3 is 14.3 Å². The van der Waals surface area contributed by atoms with Crippen LogP contribution < -0.4 is 10.2 Å². The van der Waals surface area contributed by atoms with Crippen molar-refractivity contribution < 1.29 is 19.1 Å². The normalized spacial score (nSPS) is 16.4. The van der Waals surface area contributed by atoms with Gasteiger partial charge in [0.1, 0.15) is 28.7 Å². The number of aromatic hydroxyl groups is 1. The summed E-state index contributed by atoms with van der Waals surface area (Å²) < 4.78 is 11.2. The van der Waals surface area contributed by atoms with Gasteiger partial charge in [0.15, 0.2) is 0 Å². The molecule has 2 aromatic carbocycles. The lowest BCUT2D eigenvalue weighted by Crippen LogP contribution is -2.22. The van der Waals surface area contributed by atoms with Crippen LogP contribution in [-0.4, -0.2) is 11.1 Å². The summed E-state index contributed by atoms with van der Waals surface area (Å²) in [6, 6.07) is 10.5. The van der Waals surface area contributed by atoms with E-state index in [0.717, 1.165) is 12.0 Å². The molecule has 0 unspecified atom stereocenters. The molecule has 5 heteroatoms. The smallest absolute Gasteiger partial charge is 0.311 e. The van der Waals surface area contributed by atoms with Crippen molar-refractivity contribution in [2.24, 2.45) is 5.92 Å². The molecule has 0 amide bonds. The van der Waals surface area contributed by atoms with Crippen LogP contribution in [0.25, 0.3) is 22.1 Å². The predicted octanol–water partition coefficient (Wildman–Crippen LogP) is 4.60. The number of ether oxygens (including phenoxy) is 1. The fraction of sp³-hybridized carbons (Fsp3) is 0.273. The average Bonchev–Trinajstić information content (AvgIpc) is 2.61. The average molecular weight is 364 g/mol. The lowest BCUT2D eigenvalue weighted by molar-refractivity contribution is -0.136. The molecule has 1 aliphatic heterocycles. The second-order valence-corrected chi connectivity index (χ2v) is 7.36. The van der Waals surface area contributed by atoms with Crippen molar-refractivity contribution >= 4 is 16.9 Å². The Balaban J connectivity index is 1.99. The molecule has 5 nitrogen and oxygen atoms in total. The van der Waals surface area contributed by atoms with Crippen LogP contribution >= 0.6 is 0 Å². The Hall–Kier alpha value is -3.08. The Morgan fingerprint density at radius 3 is 2.63 bits per heavy atom. The number of esters is 1. The van der Waals surface area contributed by atoms with Crippen LogP contribution in [0.1, 0.15) is 38.2 Å². The molecular weight excluding hydrogens is 344 g/mol. The molecule has 0 saturated heterocycles. The van der Waals surface area contributed by atoms with Gasteiger partial charge >= 0.3 is 5.97 Å².